The van der Waals surface area contributed by atoms with Crippen molar-refractivity contribution in [3.63, 3.8) is 0 Å². The largest absolute Gasteiger partial charge is 0.305 e. The van der Waals surface area contributed by atoms with E-state index in [1.54, 1.807) is 0 Å². The first kappa shape index (κ1) is 7.74. The SMILES string of the molecule is CC1(C)CC(c2cccnc2)N1. The van der Waals surface area contributed by atoms with Crippen LogP contribution < -0.4 is 5.32 Å². The van der Waals surface area contributed by atoms with E-state index in [1.165, 1.54) is 12.0 Å². The van der Waals surface area contributed by atoms with E-state index in [0.717, 1.165) is 0 Å². The van der Waals surface area contributed by atoms with Crippen LogP contribution in [0.5, 0.6) is 0 Å². The second kappa shape index (κ2) is 2.56. The highest BCUT2D eigenvalue weighted by atomic mass is 15.1. The molecule has 1 aliphatic rings. The fourth-order valence-electron chi connectivity index (χ4n) is 1.74. The quantitative estimate of drug-likeness (QED) is 0.682. The molecule has 0 bridgehead atoms. The van der Waals surface area contributed by atoms with Crippen molar-refractivity contribution in [2.45, 2.75) is 31.8 Å². The van der Waals surface area contributed by atoms with Gasteiger partial charge in [-0.1, -0.05) is 6.07 Å². The fourth-order valence-corrected chi connectivity index (χ4v) is 1.74. The molecular formula is C10H14N2. The van der Waals surface area contributed by atoms with Gasteiger partial charge in [0.25, 0.3) is 0 Å². The van der Waals surface area contributed by atoms with Crippen molar-refractivity contribution < 1.29 is 0 Å². The first-order valence-electron chi connectivity index (χ1n) is 4.35. The minimum atomic E-state index is 0.320. The summed E-state index contributed by atoms with van der Waals surface area (Å²) >= 11 is 0. The minimum Gasteiger partial charge on any atom is -0.305 e. The van der Waals surface area contributed by atoms with E-state index in [1.807, 2.05) is 18.5 Å². The Kier molecular flexibility index (Phi) is 1.65. The number of aromatic nitrogens is 1. The van der Waals surface area contributed by atoms with E-state index in [2.05, 4.69) is 30.2 Å². The van der Waals surface area contributed by atoms with Crippen LogP contribution in [0.1, 0.15) is 31.9 Å². The van der Waals surface area contributed by atoms with Crippen LogP contribution in [0.15, 0.2) is 24.5 Å². The van der Waals surface area contributed by atoms with Crippen molar-refractivity contribution in [1.82, 2.24) is 10.3 Å². The van der Waals surface area contributed by atoms with Crippen LogP contribution >= 0.6 is 0 Å². The van der Waals surface area contributed by atoms with Crippen LogP contribution in [0.2, 0.25) is 0 Å². The van der Waals surface area contributed by atoms with Crippen molar-refractivity contribution >= 4 is 0 Å². The van der Waals surface area contributed by atoms with E-state index in [9.17, 15) is 0 Å². The van der Waals surface area contributed by atoms with Gasteiger partial charge in [0.2, 0.25) is 0 Å². The molecule has 12 heavy (non-hydrogen) atoms. The van der Waals surface area contributed by atoms with E-state index in [4.69, 9.17) is 0 Å². The first-order chi connectivity index (χ1) is 5.67. The van der Waals surface area contributed by atoms with Crippen LogP contribution in [0, 0.1) is 0 Å². The number of hydrogen-bond acceptors (Lipinski definition) is 2. The second-order valence-electron chi connectivity index (χ2n) is 4.07. The maximum absolute atomic E-state index is 4.10. The van der Waals surface area contributed by atoms with Gasteiger partial charge in [-0.05, 0) is 31.9 Å². The summed E-state index contributed by atoms with van der Waals surface area (Å²) in [5.74, 6) is 0. The summed E-state index contributed by atoms with van der Waals surface area (Å²) in [5.41, 5.74) is 1.62. The highest BCUT2D eigenvalue weighted by molar-refractivity contribution is 5.19. The predicted molar refractivity (Wildman–Crippen MR) is 48.8 cm³/mol. The van der Waals surface area contributed by atoms with Crippen molar-refractivity contribution in [1.29, 1.82) is 0 Å². The Morgan fingerprint density at radius 1 is 1.58 bits per heavy atom. The Balaban J connectivity index is 2.06. The Morgan fingerprint density at radius 2 is 2.33 bits per heavy atom. The molecule has 1 fully saturated rings. The summed E-state index contributed by atoms with van der Waals surface area (Å²) in [6.45, 7) is 4.44. The van der Waals surface area contributed by atoms with E-state index >= 15 is 0 Å². The Morgan fingerprint density at radius 3 is 2.83 bits per heavy atom. The van der Waals surface area contributed by atoms with Crippen molar-refractivity contribution in [2.24, 2.45) is 0 Å². The summed E-state index contributed by atoms with van der Waals surface area (Å²) in [5, 5.41) is 3.50. The molecule has 1 N–H and O–H groups in total. The smallest absolute Gasteiger partial charge is 0.0357 e. The van der Waals surface area contributed by atoms with E-state index in [-0.39, 0.29) is 0 Å². The number of nitrogens with zero attached hydrogens (tertiary/aromatic N) is 1. The minimum absolute atomic E-state index is 0.320. The number of hydrogen-bond donors (Lipinski definition) is 1. The van der Waals surface area contributed by atoms with Crippen LogP contribution in [-0.4, -0.2) is 10.5 Å². The summed E-state index contributed by atoms with van der Waals surface area (Å²) < 4.78 is 0. The van der Waals surface area contributed by atoms with E-state index in [0.29, 0.717) is 11.6 Å². The zero-order valence-electron chi connectivity index (χ0n) is 7.54. The number of pyridine rings is 1. The molecule has 0 radical (unpaired) electrons. The van der Waals surface area contributed by atoms with Crippen molar-refractivity contribution in [3.05, 3.63) is 30.1 Å². The van der Waals surface area contributed by atoms with Gasteiger partial charge >= 0.3 is 0 Å². The Labute approximate surface area is 73.0 Å². The van der Waals surface area contributed by atoms with Gasteiger partial charge in [-0.3, -0.25) is 4.98 Å². The van der Waals surface area contributed by atoms with Gasteiger partial charge in [0, 0.05) is 24.0 Å². The summed E-state index contributed by atoms with van der Waals surface area (Å²) in [6, 6.07) is 4.64. The third-order valence-corrected chi connectivity index (χ3v) is 2.37. The molecule has 0 spiro atoms. The van der Waals surface area contributed by atoms with E-state index < -0.39 is 0 Å². The maximum Gasteiger partial charge on any atom is 0.0357 e. The molecule has 1 unspecified atom stereocenters. The highest BCUT2D eigenvalue weighted by Crippen LogP contribution is 2.34. The molecule has 2 nitrogen and oxygen atoms in total. The molecule has 1 aromatic heterocycles. The molecular weight excluding hydrogens is 148 g/mol. The molecule has 2 heterocycles. The zero-order valence-corrected chi connectivity index (χ0v) is 7.54. The monoisotopic (exact) mass is 162 g/mol. The molecule has 64 valence electrons. The number of rotatable bonds is 1. The van der Waals surface area contributed by atoms with Crippen molar-refractivity contribution in [2.75, 3.05) is 0 Å². The molecule has 1 aromatic rings. The third-order valence-electron chi connectivity index (χ3n) is 2.37. The number of nitrogens with one attached hydrogen (secondary N) is 1. The lowest BCUT2D eigenvalue weighted by Crippen LogP contribution is -2.54. The summed E-state index contributed by atoms with van der Waals surface area (Å²) in [6.07, 6.45) is 4.96. The van der Waals surface area contributed by atoms with Crippen LogP contribution in [0.4, 0.5) is 0 Å². The molecule has 1 atom stereocenters. The van der Waals surface area contributed by atoms with Gasteiger partial charge in [-0.25, -0.2) is 0 Å². The molecule has 0 amide bonds. The zero-order chi connectivity index (χ0) is 8.60. The van der Waals surface area contributed by atoms with Gasteiger partial charge in [0.1, 0.15) is 0 Å². The first-order valence-corrected chi connectivity index (χ1v) is 4.35. The van der Waals surface area contributed by atoms with Crippen molar-refractivity contribution in [3.8, 4) is 0 Å². The lowest BCUT2D eigenvalue weighted by atomic mass is 9.82. The maximum atomic E-state index is 4.10. The normalized spacial score (nSPS) is 26.3. The summed E-state index contributed by atoms with van der Waals surface area (Å²) in [4.78, 5) is 4.10. The van der Waals surface area contributed by atoms with Gasteiger partial charge in [0.05, 0.1) is 0 Å². The predicted octanol–water partition coefficient (Wildman–Crippen LogP) is 1.89. The topological polar surface area (TPSA) is 24.9 Å². The van der Waals surface area contributed by atoms with Gasteiger partial charge < -0.3 is 5.32 Å². The summed E-state index contributed by atoms with van der Waals surface area (Å²) in [7, 11) is 0. The van der Waals surface area contributed by atoms with Gasteiger partial charge in [0.15, 0.2) is 0 Å². The Hall–Kier alpha value is -0.890. The average molecular weight is 162 g/mol. The molecule has 0 saturated carbocycles. The molecule has 2 rings (SSSR count). The van der Waals surface area contributed by atoms with Gasteiger partial charge in [-0.15, -0.1) is 0 Å². The highest BCUT2D eigenvalue weighted by Gasteiger charge is 2.35. The Bertz CT molecular complexity index is 258. The third kappa shape index (κ3) is 1.34. The second-order valence-corrected chi connectivity index (χ2v) is 4.07. The molecule has 0 aliphatic carbocycles. The molecule has 0 aromatic carbocycles. The van der Waals surface area contributed by atoms with Crippen LogP contribution in [-0.2, 0) is 0 Å². The average Bonchev–Trinajstić information content (AvgIpc) is 2.02. The lowest BCUT2D eigenvalue weighted by molar-refractivity contribution is 0.177. The molecule has 2 heteroatoms. The van der Waals surface area contributed by atoms with Crippen LogP contribution in [0.3, 0.4) is 0 Å². The standard InChI is InChI=1S/C10H14N2/c1-10(2)6-9(12-10)8-4-3-5-11-7-8/h3-5,7,9,12H,6H2,1-2H3. The molecule has 1 aliphatic heterocycles. The molecule has 1 saturated heterocycles. The fraction of sp³-hybridized carbons (Fsp3) is 0.500. The van der Waals surface area contributed by atoms with Crippen LogP contribution in [0.25, 0.3) is 0 Å². The lowest BCUT2D eigenvalue weighted by Gasteiger charge is -2.44. The van der Waals surface area contributed by atoms with Gasteiger partial charge in [-0.2, -0.15) is 0 Å².